The van der Waals surface area contributed by atoms with Crippen LogP contribution in [0.4, 0.5) is 10.1 Å². The molecule has 148 valence electrons. The Morgan fingerprint density at radius 2 is 1.93 bits per heavy atom. The first kappa shape index (κ1) is 19.2. The van der Waals surface area contributed by atoms with Gasteiger partial charge in [-0.1, -0.05) is 29.8 Å². The Balaban J connectivity index is 1.82. The minimum Gasteiger partial charge on any atom is -0.507 e. The van der Waals surface area contributed by atoms with E-state index in [0.717, 1.165) is 11.3 Å². The van der Waals surface area contributed by atoms with E-state index in [0.29, 0.717) is 22.4 Å². The van der Waals surface area contributed by atoms with Gasteiger partial charge in [0.1, 0.15) is 29.0 Å². The Morgan fingerprint density at radius 1 is 1.17 bits per heavy atom. The summed E-state index contributed by atoms with van der Waals surface area (Å²) in [6.45, 7) is 1.99. The van der Waals surface area contributed by atoms with Gasteiger partial charge in [-0.05, 0) is 42.8 Å². The van der Waals surface area contributed by atoms with Crippen molar-refractivity contribution >= 4 is 11.9 Å². The molecule has 1 atom stereocenters. The molecule has 5 nitrogen and oxygen atoms in total. The Labute approximate surface area is 173 Å². The third-order valence-corrected chi connectivity index (χ3v) is 4.93. The summed E-state index contributed by atoms with van der Waals surface area (Å²) in [5.41, 5.74) is 9.57. The van der Waals surface area contributed by atoms with Gasteiger partial charge < -0.3 is 15.6 Å². The minimum absolute atomic E-state index is 0.0455. The van der Waals surface area contributed by atoms with Crippen LogP contribution in [0.5, 0.6) is 11.5 Å². The number of aryl methyl sites for hydroxylation is 1. The fourth-order valence-electron chi connectivity index (χ4n) is 3.42. The average Bonchev–Trinajstić information content (AvgIpc) is 2.72. The summed E-state index contributed by atoms with van der Waals surface area (Å²) in [6, 6.07) is 18.8. The lowest BCUT2D eigenvalue weighted by Gasteiger charge is -2.27. The van der Waals surface area contributed by atoms with Crippen LogP contribution in [0.15, 0.2) is 77.1 Å². The van der Waals surface area contributed by atoms with E-state index >= 15 is 0 Å². The van der Waals surface area contributed by atoms with Crippen LogP contribution in [-0.2, 0) is 0 Å². The topological polar surface area (TPSA) is 91.6 Å². The molecular weight excluding hydrogens is 381 g/mol. The number of phenolic OH excluding ortho intramolecular Hbond substituents is 1. The van der Waals surface area contributed by atoms with Crippen molar-refractivity contribution in [2.75, 3.05) is 0 Å². The van der Waals surface area contributed by atoms with Crippen LogP contribution in [0.2, 0.25) is 0 Å². The maximum Gasteiger partial charge on any atom is 0.205 e. The molecule has 30 heavy (non-hydrogen) atoms. The van der Waals surface area contributed by atoms with Crippen molar-refractivity contribution in [1.82, 2.24) is 0 Å². The second-order valence-electron chi connectivity index (χ2n) is 7.02. The molecule has 0 aliphatic carbocycles. The van der Waals surface area contributed by atoms with Crippen molar-refractivity contribution in [2.24, 2.45) is 10.7 Å². The largest absolute Gasteiger partial charge is 0.507 e. The highest BCUT2D eigenvalue weighted by Crippen LogP contribution is 2.44. The fourth-order valence-corrected chi connectivity index (χ4v) is 3.42. The molecule has 1 heterocycles. The lowest BCUT2D eigenvalue weighted by Crippen LogP contribution is -2.21. The average molecular weight is 399 g/mol. The van der Waals surface area contributed by atoms with Crippen LogP contribution >= 0.6 is 0 Å². The van der Waals surface area contributed by atoms with Gasteiger partial charge in [0.2, 0.25) is 5.88 Å². The highest BCUT2D eigenvalue weighted by Gasteiger charge is 2.31. The van der Waals surface area contributed by atoms with Gasteiger partial charge in [0.25, 0.3) is 0 Å². The molecule has 3 N–H and O–H groups in total. The van der Waals surface area contributed by atoms with Crippen LogP contribution in [0.1, 0.15) is 28.2 Å². The number of halogens is 1. The molecule has 0 bridgehead atoms. The standard InChI is InChI=1S/C24H18FN3O2/c1-14-5-7-18(8-6-14)28-13-16-10-19-22(11-21(16)29)30-24(27)20(12-26)23(19)15-3-2-4-17(25)9-15/h2-11,13,23,29H,27H2,1H3/t23-/m1/s1. The van der Waals surface area contributed by atoms with Crippen molar-refractivity contribution < 1.29 is 14.2 Å². The molecule has 0 saturated carbocycles. The Morgan fingerprint density at radius 3 is 2.63 bits per heavy atom. The lowest BCUT2D eigenvalue weighted by atomic mass is 9.83. The van der Waals surface area contributed by atoms with Gasteiger partial charge in [-0.15, -0.1) is 0 Å². The summed E-state index contributed by atoms with van der Waals surface area (Å²) in [4.78, 5) is 4.41. The quantitative estimate of drug-likeness (QED) is 0.619. The van der Waals surface area contributed by atoms with Gasteiger partial charge in [0.15, 0.2) is 0 Å². The van der Waals surface area contributed by atoms with Gasteiger partial charge in [-0.25, -0.2) is 4.39 Å². The third-order valence-electron chi connectivity index (χ3n) is 4.93. The van der Waals surface area contributed by atoms with E-state index in [2.05, 4.69) is 11.1 Å². The number of fused-ring (bicyclic) bond motifs is 1. The van der Waals surface area contributed by atoms with Gasteiger partial charge >= 0.3 is 0 Å². The molecule has 0 fully saturated rings. The van der Waals surface area contributed by atoms with Crippen molar-refractivity contribution in [3.05, 3.63) is 100 Å². The Kier molecular flexibility index (Phi) is 4.95. The van der Waals surface area contributed by atoms with Crippen LogP contribution in [0.25, 0.3) is 0 Å². The van der Waals surface area contributed by atoms with Gasteiger partial charge in [-0.2, -0.15) is 5.26 Å². The maximum absolute atomic E-state index is 13.9. The number of ether oxygens (including phenoxy) is 1. The molecule has 1 aliphatic heterocycles. The van der Waals surface area contributed by atoms with Gasteiger partial charge in [-0.3, -0.25) is 4.99 Å². The number of allylic oxidation sites excluding steroid dienone is 1. The van der Waals surface area contributed by atoms with E-state index in [1.807, 2.05) is 31.2 Å². The second kappa shape index (κ2) is 7.72. The summed E-state index contributed by atoms with van der Waals surface area (Å²) in [7, 11) is 0. The molecule has 1 aliphatic rings. The number of phenols is 1. The normalized spacial score (nSPS) is 15.6. The highest BCUT2D eigenvalue weighted by molar-refractivity contribution is 5.86. The van der Waals surface area contributed by atoms with Crippen molar-refractivity contribution in [2.45, 2.75) is 12.8 Å². The molecule has 0 saturated heterocycles. The highest BCUT2D eigenvalue weighted by atomic mass is 19.1. The van der Waals surface area contributed by atoms with Crippen LogP contribution in [0.3, 0.4) is 0 Å². The zero-order valence-corrected chi connectivity index (χ0v) is 16.1. The molecule has 0 spiro atoms. The summed E-state index contributed by atoms with van der Waals surface area (Å²) in [5.74, 6) is -0.848. The number of hydrogen-bond acceptors (Lipinski definition) is 5. The monoisotopic (exact) mass is 399 g/mol. The van der Waals surface area contributed by atoms with Gasteiger partial charge in [0.05, 0.1) is 11.6 Å². The van der Waals surface area contributed by atoms with Crippen molar-refractivity contribution in [3.63, 3.8) is 0 Å². The Bertz CT molecular complexity index is 1220. The first-order valence-electron chi connectivity index (χ1n) is 9.27. The number of hydrogen-bond donors (Lipinski definition) is 2. The Hall–Kier alpha value is -4.11. The number of nitrogens with two attached hydrogens (primary N) is 1. The van der Waals surface area contributed by atoms with E-state index in [9.17, 15) is 14.8 Å². The molecular formula is C24H18FN3O2. The molecule has 3 aromatic carbocycles. The molecule has 6 heteroatoms. The van der Waals surface area contributed by atoms with E-state index < -0.39 is 11.7 Å². The van der Waals surface area contributed by atoms with Crippen molar-refractivity contribution in [3.8, 4) is 17.6 Å². The first-order valence-corrected chi connectivity index (χ1v) is 9.27. The molecule has 0 aromatic heterocycles. The number of aromatic hydroxyl groups is 1. The summed E-state index contributed by atoms with van der Waals surface area (Å²) in [5, 5.41) is 20.1. The third kappa shape index (κ3) is 3.61. The van der Waals surface area contributed by atoms with E-state index in [4.69, 9.17) is 10.5 Å². The predicted molar refractivity (Wildman–Crippen MR) is 112 cm³/mol. The number of rotatable bonds is 3. The van der Waals surface area contributed by atoms with E-state index in [1.54, 1.807) is 18.2 Å². The lowest BCUT2D eigenvalue weighted by molar-refractivity contribution is 0.388. The number of nitrogens with zero attached hydrogens (tertiary/aromatic N) is 2. The number of benzene rings is 3. The molecule has 4 rings (SSSR count). The summed E-state index contributed by atoms with van der Waals surface area (Å²) < 4.78 is 19.4. The summed E-state index contributed by atoms with van der Waals surface area (Å²) >= 11 is 0. The zero-order chi connectivity index (χ0) is 21.3. The predicted octanol–water partition coefficient (Wildman–Crippen LogP) is 4.81. The fraction of sp³-hybridized carbons (Fsp3) is 0.0833. The molecule has 0 radical (unpaired) electrons. The van der Waals surface area contributed by atoms with Crippen LogP contribution in [-0.4, -0.2) is 11.3 Å². The SMILES string of the molecule is Cc1ccc(N=Cc2cc3c(cc2O)OC(N)=C(C#N)[C@@H]3c2cccc(F)c2)cc1. The van der Waals surface area contributed by atoms with Crippen LogP contribution < -0.4 is 10.5 Å². The molecule has 3 aromatic rings. The van der Waals surface area contributed by atoms with E-state index in [-0.39, 0.29) is 17.2 Å². The molecule has 0 unspecified atom stereocenters. The van der Waals surface area contributed by atoms with E-state index in [1.165, 1.54) is 24.4 Å². The first-order chi connectivity index (χ1) is 14.5. The van der Waals surface area contributed by atoms with Crippen molar-refractivity contribution in [1.29, 1.82) is 5.26 Å². The smallest absolute Gasteiger partial charge is 0.205 e. The van der Waals surface area contributed by atoms with Crippen LogP contribution in [0, 0.1) is 24.1 Å². The number of aliphatic imine (C=N–C) groups is 1. The second-order valence-corrected chi connectivity index (χ2v) is 7.02. The molecule has 0 amide bonds. The zero-order valence-electron chi connectivity index (χ0n) is 16.1. The maximum atomic E-state index is 13.9. The minimum atomic E-state index is -0.624. The van der Waals surface area contributed by atoms with Gasteiger partial charge in [0, 0.05) is 23.4 Å². The summed E-state index contributed by atoms with van der Waals surface area (Å²) in [6.07, 6.45) is 1.54. The number of nitriles is 1.